The van der Waals surface area contributed by atoms with Crippen LogP contribution in [0.4, 0.5) is 5.69 Å². The Morgan fingerprint density at radius 1 is 1.07 bits per heavy atom. The van der Waals surface area contributed by atoms with Gasteiger partial charge in [-0.05, 0) is 63.9 Å². The van der Waals surface area contributed by atoms with Crippen LogP contribution in [0, 0.1) is 13.8 Å². The minimum atomic E-state index is -0.354. The van der Waals surface area contributed by atoms with Crippen molar-refractivity contribution in [3.63, 3.8) is 0 Å². The topological polar surface area (TPSA) is 105 Å². The summed E-state index contributed by atoms with van der Waals surface area (Å²) in [7, 11) is 0. The van der Waals surface area contributed by atoms with Crippen LogP contribution in [0.25, 0.3) is 5.78 Å². The number of nitrogens with one attached hydrogen (secondary N) is 2. The number of hydrazine groups is 1. The third kappa shape index (κ3) is 4.56. The average Bonchev–Trinajstić information content (AvgIpc) is 3.22. The van der Waals surface area contributed by atoms with Crippen molar-refractivity contribution in [2.24, 2.45) is 0 Å². The number of benzene rings is 1. The van der Waals surface area contributed by atoms with Gasteiger partial charge < -0.3 is 4.90 Å². The first kappa shape index (κ1) is 21.2. The lowest BCUT2D eigenvalue weighted by Gasteiger charge is -2.21. The molecule has 0 aliphatic carbocycles. The van der Waals surface area contributed by atoms with Gasteiger partial charge in [0.05, 0.1) is 0 Å². The van der Waals surface area contributed by atoms with Gasteiger partial charge in [-0.25, -0.2) is 9.50 Å². The van der Waals surface area contributed by atoms with Crippen LogP contribution in [-0.2, 0) is 11.2 Å². The fourth-order valence-corrected chi connectivity index (χ4v) is 3.43. The summed E-state index contributed by atoms with van der Waals surface area (Å²) >= 11 is 0. The van der Waals surface area contributed by atoms with E-state index in [9.17, 15) is 9.59 Å². The number of aryl methyl sites for hydroxylation is 2. The molecule has 0 unspecified atom stereocenters. The van der Waals surface area contributed by atoms with E-state index >= 15 is 0 Å². The molecule has 2 N–H and O–H groups in total. The molecule has 2 heterocycles. The molecular weight excluding hydrogens is 382 g/mol. The predicted octanol–water partition coefficient (Wildman–Crippen LogP) is 1.98. The van der Waals surface area contributed by atoms with Crippen LogP contribution in [0.3, 0.4) is 0 Å². The van der Waals surface area contributed by atoms with Crippen molar-refractivity contribution < 1.29 is 9.59 Å². The monoisotopic (exact) mass is 409 g/mol. The quantitative estimate of drug-likeness (QED) is 0.578. The highest BCUT2D eigenvalue weighted by molar-refractivity contribution is 5.95. The molecule has 9 heteroatoms. The molecule has 158 valence electrons. The van der Waals surface area contributed by atoms with Crippen molar-refractivity contribution in [2.75, 3.05) is 18.0 Å². The number of hydrogen-bond donors (Lipinski definition) is 2. The van der Waals surface area contributed by atoms with Gasteiger partial charge >= 0.3 is 0 Å². The van der Waals surface area contributed by atoms with Crippen LogP contribution >= 0.6 is 0 Å². The van der Waals surface area contributed by atoms with Crippen molar-refractivity contribution in [1.29, 1.82) is 0 Å². The number of nitrogens with zero attached hydrogens (tertiary/aromatic N) is 5. The minimum Gasteiger partial charge on any atom is -0.372 e. The standard InChI is InChI=1S/C21H27N7O2/c1-5-27(6-2)17-9-7-16(8-10-17)20(30)26-25-19(29)12-11-18-14(3)24-21-22-13-23-28(21)15(18)4/h7-10,13H,5-6,11-12H2,1-4H3,(H,25,29)(H,26,30). The van der Waals surface area contributed by atoms with E-state index in [-0.39, 0.29) is 18.2 Å². The normalized spacial score (nSPS) is 10.8. The van der Waals surface area contributed by atoms with Gasteiger partial charge in [0.1, 0.15) is 6.33 Å². The van der Waals surface area contributed by atoms with E-state index in [1.807, 2.05) is 26.0 Å². The van der Waals surface area contributed by atoms with Gasteiger partial charge in [0.2, 0.25) is 5.91 Å². The van der Waals surface area contributed by atoms with Gasteiger partial charge in [0, 0.05) is 42.1 Å². The lowest BCUT2D eigenvalue weighted by Crippen LogP contribution is -2.41. The molecule has 9 nitrogen and oxygen atoms in total. The predicted molar refractivity (Wildman–Crippen MR) is 114 cm³/mol. The van der Waals surface area contributed by atoms with Gasteiger partial charge in [-0.2, -0.15) is 10.1 Å². The number of carbonyl (C=O) groups is 2. The fraction of sp³-hybridized carbons (Fsp3) is 0.381. The molecule has 0 aliphatic rings. The number of amides is 2. The van der Waals surface area contributed by atoms with Crippen LogP contribution in [0.15, 0.2) is 30.6 Å². The third-order valence-corrected chi connectivity index (χ3v) is 5.16. The summed E-state index contributed by atoms with van der Waals surface area (Å²) in [6, 6.07) is 7.31. The minimum absolute atomic E-state index is 0.213. The smallest absolute Gasteiger partial charge is 0.269 e. The third-order valence-electron chi connectivity index (χ3n) is 5.16. The van der Waals surface area contributed by atoms with E-state index in [4.69, 9.17) is 0 Å². The Morgan fingerprint density at radius 3 is 2.43 bits per heavy atom. The summed E-state index contributed by atoms with van der Waals surface area (Å²) in [5.41, 5.74) is 9.16. The number of aromatic nitrogens is 4. The summed E-state index contributed by atoms with van der Waals surface area (Å²) in [5.74, 6) is -0.0921. The molecule has 0 saturated carbocycles. The maximum absolute atomic E-state index is 12.3. The summed E-state index contributed by atoms with van der Waals surface area (Å²) in [4.78, 5) is 35.2. The maximum Gasteiger partial charge on any atom is 0.269 e. The molecule has 30 heavy (non-hydrogen) atoms. The molecule has 0 aliphatic heterocycles. The summed E-state index contributed by atoms with van der Waals surface area (Å²) in [5, 5.41) is 4.15. The second kappa shape index (κ2) is 9.34. The van der Waals surface area contributed by atoms with Crippen LogP contribution in [0.1, 0.15) is 47.6 Å². The van der Waals surface area contributed by atoms with Crippen molar-refractivity contribution in [2.45, 2.75) is 40.5 Å². The summed E-state index contributed by atoms with van der Waals surface area (Å²) in [6.45, 7) is 9.78. The van der Waals surface area contributed by atoms with Gasteiger partial charge in [0.15, 0.2) is 0 Å². The van der Waals surface area contributed by atoms with Crippen molar-refractivity contribution in [1.82, 2.24) is 30.4 Å². The van der Waals surface area contributed by atoms with Crippen LogP contribution in [-0.4, -0.2) is 44.5 Å². The van der Waals surface area contributed by atoms with Crippen molar-refractivity contribution in [3.8, 4) is 0 Å². The molecule has 2 aromatic heterocycles. The summed E-state index contributed by atoms with van der Waals surface area (Å²) < 4.78 is 1.66. The highest BCUT2D eigenvalue weighted by atomic mass is 16.2. The van der Waals surface area contributed by atoms with E-state index in [1.165, 1.54) is 6.33 Å². The van der Waals surface area contributed by atoms with Crippen molar-refractivity contribution >= 4 is 23.3 Å². The Bertz CT molecular complexity index is 1040. The van der Waals surface area contributed by atoms with E-state index in [0.717, 1.165) is 35.7 Å². The Hall–Kier alpha value is -3.49. The van der Waals surface area contributed by atoms with Gasteiger partial charge in [-0.15, -0.1) is 0 Å². The molecule has 0 fully saturated rings. The van der Waals surface area contributed by atoms with Crippen LogP contribution in [0.2, 0.25) is 0 Å². The zero-order valence-corrected chi connectivity index (χ0v) is 17.8. The van der Waals surface area contributed by atoms with Crippen LogP contribution < -0.4 is 15.8 Å². The average molecular weight is 409 g/mol. The highest BCUT2D eigenvalue weighted by Gasteiger charge is 2.13. The van der Waals surface area contributed by atoms with E-state index in [1.54, 1.807) is 16.6 Å². The number of fused-ring (bicyclic) bond motifs is 1. The molecule has 3 rings (SSSR count). The van der Waals surface area contributed by atoms with E-state index < -0.39 is 0 Å². The summed E-state index contributed by atoms with van der Waals surface area (Å²) in [6.07, 6.45) is 2.15. The van der Waals surface area contributed by atoms with Crippen LogP contribution in [0.5, 0.6) is 0 Å². The first-order valence-electron chi connectivity index (χ1n) is 10.0. The molecule has 0 bridgehead atoms. The zero-order valence-electron chi connectivity index (χ0n) is 17.8. The fourth-order valence-electron chi connectivity index (χ4n) is 3.43. The van der Waals surface area contributed by atoms with Crippen molar-refractivity contribution in [3.05, 3.63) is 53.1 Å². The lowest BCUT2D eigenvalue weighted by molar-refractivity contribution is -0.121. The number of carbonyl (C=O) groups excluding carboxylic acids is 2. The molecule has 0 atom stereocenters. The molecule has 0 saturated heterocycles. The Balaban J connectivity index is 1.54. The molecule has 0 spiro atoms. The first-order chi connectivity index (χ1) is 14.4. The van der Waals surface area contributed by atoms with Gasteiger partial charge in [-0.3, -0.25) is 20.4 Å². The Kier molecular flexibility index (Phi) is 6.61. The maximum atomic E-state index is 12.3. The number of hydrogen-bond acceptors (Lipinski definition) is 6. The number of anilines is 1. The molecule has 3 aromatic rings. The second-order valence-corrected chi connectivity index (χ2v) is 6.95. The van der Waals surface area contributed by atoms with E-state index in [2.05, 4.69) is 44.7 Å². The Morgan fingerprint density at radius 2 is 1.77 bits per heavy atom. The first-order valence-corrected chi connectivity index (χ1v) is 10.0. The lowest BCUT2D eigenvalue weighted by atomic mass is 10.1. The van der Waals surface area contributed by atoms with Gasteiger partial charge in [-0.1, -0.05) is 0 Å². The molecule has 2 amide bonds. The molecule has 1 aromatic carbocycles. The SMILES string of the molecule is CCN(CC)c1ccc(C(=O)NNC(=O)CCc2c(C)nc3ncnn3c2C)cc1. The highest BCUT2D eigenvalue weighted by Crippen LogP contribution is 2.16. The molecule has 0 radical (unpaired) electrons. The second-order valence-electron chi connectivity index (χ2n) is 6.95. The zero-order chi connectivity index (χ0) is 21.7. The Labute approximate surface area is 175 Å². The molecular formula is C21H27N7O2. The van der Waals surface area contributed by atoms with Gasteiger partial charge in [0.25, 0.3) is 11.7 Å². The number of rotatable bonds is 7. The largest absolute Gasteiger partial charge is 0.372 e. The van der Waals surface area contributed by atoms with E-state index in [0.29, 0.717) is 17.8 Å².